The molecule has 0 heterocycles. The van der Waals surface area contributed by atoms with Gasteiger partial charge >= 0.3 is 0 Å². The molecular formula is C14H21IO2. The minimum atomic E-state index is 0.172. The van der Waals surface area contributed by atoms with Crippen LogP contribution in [0.4, 0.5) is 0 Å². The Labute approximate surface area is 118 Å². The molecule has 3 heteroatoms. The van der Waals surface area contributed by atoms with Gasteiger partial charge in [-0.1, -0.05) is 52.4 Å². The van der Waals surface area contributed by atoms with Gasteiger partial charge in [-0.05, 0) is 26.3 Å². The molecule has 0 N–H and O–H groups in total. The van der Waals surface area contributed by atoms with Gasteiger partial charge in [0.1, 0.15) is 0 Å². The quantitative estimate of drug-likeness (QED) is 0.423. The molecule has 0 fully saturated rings. The maximum absolute atomic E-state index is 5.85. The number of alkyl halides is 1. The fourth-order valence-corrected chi connectivity index (χ4v) is 2.34. The van der Waals surface area contributed by atoms with Crippen LogP contribution in [0.5, 0.6) is 0 Å². The van der Waals surface area contributed by atoms with Gasteiger partial charge in [-0.2, -0.15) is 0 Å². The number of ether oxygens (including phenoxy) is 2. The molecule has 96 valence electrons. The molecule has 0 aliphatic heterocycles. The number of benzene rings is 1. The lowest BCUT2D eigenvalue weighted by molar-refractivity contribution is -0.00504. The Bertz CT molecular complexity index is 326. The number of aryl methyl sites for hydroxylation is 1. The van der Waals surface area contributed by atoms with Crippen LogP contribution in [0.3, 0.4) is 0 Å². The lowest BCUT2D eigenvalue weighted by atomic mass is 10.1. The second-order valence-electron chi connectivity index (χ2n) is 4.35. The summed E-state index contributed by atoms with van der Waals surface area (Å²) in [7, 11) is 0. The monoisotopic (exact) mass is 348 g/mol. The van der Waals surface area contributed by atoms with Crippen molar-refractivity contribution >= 4 is 22.6 Å². The molecule has 17 heavy (non-hydrogen) atoms. The molecule has 0 saturated carbocycles. The second kappa shape index (κ2) is 8.06. The summed E-state index contributed by atoms with van der Waals surface area (Å²) in [6.07, 6.45) is 0.446. The molecular weight excluding hydrogens is 327 g/mol. The van der Waals surface area contributed by atoms with E-state index in [1.165, 1.54) is 11.1 Å². The second-order valence-corrected chi connectivity index (χ2v) is 5.23. The summed E-state index contributed by atoms with van der Waals surface area (Å²) in [6.45, 7) is 7.50. The van der Waals surface area contributed by atoms with Crippen LogP contribution in [0.15, 0.2) is 24.3 Å². The van der Waals surface area contributed by atoms with Crippen molar-refractivity contribution in [2.75, 3.05) is 17.6 Å². The molecule has 1 aromatic carbocycles. The fraction of sp³-hybridized carbons (Fsp3) is 0.571. The van der Waals surface area contributed by atoms with Crippen molar-refractivity contribution in [3.63, 3.8) is 0 Å². The molecule has 0 spiro atoms. The van der Waals surface area contributed by atoms with Crippen molar-refractivity contribution in [3.05, 3.63) is 35.4 Å². The van der Waals surface area contributed by atoms with E-state index in [9.17, 15) is 0 Å². The van der Waals surface area contributed by atoms with E-state index in [0.29, 0.717) is 13.2 Å². The zero-order chi connectivity index (χ0) is 12.7. The third-order valence-electron chi connectivity index (χ3n) is 2.41. The first-order valence-corrected chi connectivity index (χ1v) is 7.51. The molecule has 1 atom stereocenters. The van der Waals surface area contributed by atoms with Crippen LogP contribution >= 0.6 is 22.6 Å². The molecule has 1 aromatic rings. The van der Waals surface area contributed by atoms with Gasteiger partial charge in [0.2, 0.25) is 0 Å². The van der Waals surface area contributed by atoms with Gasteiger partial charge in [0, 0.05) is 4.43 Å². The van der Waals surface area contributed by atoms with Crippen molar-refractivity contribution < 1.29 is 9.47 Å². The van der Waals surface area contributed by atoms with Gasteiger partial charge in [0.25, 0.3) is 0 Å². The van der Waals surface area contributed by atoms with E-state index < -0.39 is 0 Å². The lowest BCUT2D eigenvalue weighted by Crippen LogP contribution is -2.13. The van der Waals surface area contributed by atoms with Crippen LogP contribution < -0.4 is 0 Å². The van der Waals surface area contributed by atoms with E-state index in [0.717, 1.165) is 4.43 Å². The number of halogens is 1. The zero-order valence-corrected chi connectivity index (χ0v) is 12.9. The van der Waals surface area contributed by atoms with E-state index >= 15 is 0 Å². The zero-order valence-electron chi connectivity index (χ0n) is 10.8. The van der Waals surface area contributed by atoms with Crippen LogP contribution in [-0.4, -0.2) is 23.7 Å². The van der Waals surface area contributed by atoms with Crippen molar-refractivity contribution in [3.8, 4) is 0 Å². The normalized spacial score (nSPS) is 13.0. The first-order valence-electron chi connectivity index (χ1n) is 5.99. The van der Waals surface area contributed by atoms with E-state index in [1.54, 1.807) is 0 Å². The predicted molar refractivity (Wildman–Crippen MR) is 79.8 cm³/mol. The van der Waals surface area contributed by atoms with Gasteiger partial charge in [-0.25, -0.2) is 0 Å². The first kappa shape index (κ1) is 14.9. The van der Waals surface area contributed by atoms with E-state index in [-0.39, 0.29) is 12.2 Å². The van der Waals surface area contributed by atoms with E-state index in [1.807, 2.05) is 13.8 Å². The smallest absolute Gasteiger partial charge is 0.0915 e. The minimum absolute atomic E-state index is 0.172. The molecule has 0 aromatic heterocycles. The van der Waals surface area contributed by atoms with Crippen molar-refractivity contribution in [1.82, 2.24) is 0 Å². The van der Waals surface area contributed by atoms with Crippen molar-refractivity contribution in [2.24, 2.45) is 0 Å². The van der Waals surface area contributed by atoms with Gasteiger partial charge < -0.3 is 9.47 Å². The number of hydrogen-bond acceptors (Lipinski definition) is 2. The summed E-state index contributed by atoms with van der Waals surface area (Å²) in [5, 5.41) is 0. The van der Waals surface area contributed by atoms with E-state index in [4.69, 9.17) is 9.47 Å². The van der Waals surface area contributed by atoms with Crippen molar-refractivity contribution in [2.45, 2.75) is 33.0 Å². The largest absolute Gasteiger partial charge is 0.376 e. The Kier molecular flexibility index (Phi) is 7.08. The maximum Gasteiger partial charge on any atom is 0.0915 e. The summed E-state index contributed by atoms with van der Waals surface area (Å²) in [6, 6.07) is 8.50. The third-order valence-corrected chi connectivity index (χ3v) is 3.21. The first-order chi connectivity index (χ1) is 8.13. The summed E-state index contributed by atoms with van der Waals surface area (Å²) in [4.78, 5) is 0. The van der Waals surface area contributed by atoms with E-state index in [2.05, 4.69) is 53.8 Å². The fourth-order valence-electron chi connectivity index (χ4n) is 1.57. The number of hydrogen-bond donors (Lipinski definition) is 0. The highest BCUT2D eigenvalue weighted by atomic mass is 127. The van der Waals surface area contributed by atoms with Crippen LogP contribution in [-0.2, 0) is 9.47 Å². The van der Waals surface area contributed by atoms with Gasteiger partial charge in [-0.15, -0.1) is 0 Å². The molecule has 0 radical (unpaired) electrons. The highest BCUT2D eigenvalue weighted by Gasteiger charge is 2.10. The average Bonchev–Trinajstić information content (AvgIpc) is 2.29. The van der Waals surface area contributed by atoms with Crippen molar-refractivity contribution in [1.29, 1.82) is 0 Å². The Balaban J connectivity index is 2.43. The maximum atomic E-state index is 5.85. The van der Waals surface area contributed by atoms with Crippen LogP contribution in [0.1, 0.15) is 31.1 Å². The average molecular weight is 348 g/mol. The lowest BCUT2D eigenvalue weighted by Gasteiger charge is -2.17. The van der Waals surface area contributed by atoms with Gasteiger partial charge in [0.15, 0.2) is 0 Å². The Morgan fingerprint density at radius 1 is 1.18 bits per heavy atom. The summed E-state index contributed by atoms with van der Waals surface area (Å²) in [5.74, 6) is 0. The van der Waals surface area contributed by atoms with Crippen LogP contribution in [0.25, 0.3) is 0 Å². The predicted octanol–water partition coefficient (Wildman–Crippen LogP) is 3.91. The molecule has 0 aliphatic rings. The molecule has 0 bridgehead atoms. The number of rotatable bonds is 7. The molecule has 2 nitrogen and oxygen atoms in total. The Morgan fingerprint density at radius 3 is 2.47 bits per heavy atom. The molecule has 0 aliphatic carbocycles. The summed E-state index contributed by atoms with van der Waals surface area (Å²) in [5.41, 5.74) is 2.53. The standard InChI is InChI=1S/C14H21IO2/c1-11(2)16-7-8-17-14(10-15)13-6-4-5-12(3)9-13/h4-6,9,11,14H,7-8,10H2,1-3H3. The molecule has 0 amide bonds. The Morgan fingerprint density at radius 2 is 1.88 bits per heavy atom. The summed E-state index contributed by atoms with van der Waals surface area (Å²) >= 11 is 2.36. The third kappa shape index (κ3) is 5.84. The minimum Gasteiger partial charge on any atom is -0.376 e. The highest BCUT2D eigenvalue weighted by molar-refractivity contribution is 14.1. The molecule has 0 saturated heterocycles. The van der Waals surface area contributed by atoms with Crippen LogP contribution in [0, 0.1) is 6.92 Å². The van der Waals surface area contributed by atoms with Gasteiger partial charge in [-0.3, -0.25) is 0 Å². The Hall–Kier alpha value is -0.130. The molecule has 1 unspecified atom stereocenters. The molecule has 1 rings (SSSR count). The van der Waals surface area contributed by atoms with Gasteiger partial charge in [0.05, 0.1) is 25.4 Å². The summed E-state index contributed by atoms with van der Waals surface area (Å²) < 4.78 is 12.3. The topological polar surface area (TPSA) is 18.5 Å². The SMILES string of the molecule is Cc1cccc(C(CI)OCCOC(C)C)c1. The van der Waals surface area contributed by atoms with Crippen LogP contribution in [0.2, 0.25) is 0 Å². The highest BCUT2D eigenvalue weighted by Crippen LogP contribution is 2.20.